The molecule has 4 heteroatoms. The molecule has 3 aromatic rings. The van der Waals surface area contributed by atoms with Crippen LogP contribution in [0.3, 0.4) is 0 Å². The Bertz CT molecular complexity index is 905. The van der Waals surface area contributed by atoms with Gasteiger partial charge in [-0.05, 0) is 53.0 Å². The van der Waals surface area contributed by atoms with E-state index in [1.54, 1.807) is 10.9 Å². The molecular formula is C19H22N2OS. The summed E-state index contributed by atoms with van der Waals surface area (Å²) in [6.07, 6.45) is 1.66. The van der Waals surface area contributed by atoms with E-state index in [0.717, 1.165) is 4.83 Å². The lowest BCUT2D eigenvalue weighted by molar-refractivity contribution is 0.588. The van der Waals surface area contributed by atoms with E-state index in [-0.39, 0.29) is 11.0 Å². The van der Waals surface area contributed by atoms with Crippen molar-refractivity contribution >= 4 is 21.6 Å². The minimum Gasteiger partial charge on any atom is -0.294 e. The van der Waals surface area contributed by atoms with Gasteiger partial charge in [-0.25, -0.2) is 4.98 Å². The molecule has 0 amide bonds. The summed E-state index contributed by atoms with van der Waals surface area (Å²) >= 11 is 1.50. The number of nitrogens with zero attached hydrogens (tertiary/aromatic N) is 2. The van der Waals surface area contributed by atoms with Crippen LogP contribution >= 0.6 is 11.3 Å². The number of thiophene rings is 1. The highest BCUT2D eigenvalue weighted by Gasteiger charge is 2.17. The predicted molar refractivity (Wildman–Crippen MR) is 97.6 cm³/mol. The molecule has 0 unspecified atom stereocenters. The highest BCUT2D eigenvalue weighted by molar-refractivity contribution is 7.16. The van der Waals surface area contributed by atoms with Crippen molar-refractivity contribution in [3.8, 4) is 0 Å². The van der Waals surface area contributed by atoms with Crippen molar-refractivity contribution in [2.24, 2.45) is 0 Å². The van der Waals surface area contributed by atoms with Crippen LogP contribution in [0.4, 0.5) is 0 Å². The zero-order chi connectivity index (χ0) is 16.8. The Kier molecular flexibility index (Phi) is 3.88. The van der Waals surface area contributed by atoms with Crippen molar-refractivity contribution in [3.05, 3.63) is 62.5 Å². The first kappa shape index (κ1) is 15.9. The largest absolute Gasteiger partial charge is 0.294 e. The van der Waals surface area contributed by atoms with Crippen LogP contribution in [0.25, 0.3) is 10.2 Å². The lowest BCUT2D eigenvalue weighted by Crippen LogP contribution is -2.22. The van der Waals surface area contributed by atoms with Gasteiger partial charge in [0.2, 0.25) is 0 Å². The van der Waals surface area contributed by atoms with E-state index in [2.05, 4.69) is 51.7 Å². The van der Waals surface area contributed by atoms with Gasteiger partial charge in [-0.2, -0.15) is 0 Å². The molecule has 0 bridgehead atoms. The van der Waals surface area contributed by atoms with Crippen LogP contribution in [0.1, 0.15) is 43.0 Å². The van der Waals surface area contributed by atoms with Crippen LogP contribution in [0.5, 0.6) is 0 Å². The third-order valence-corrected chi connectivity index (χ3v) is 5.16. The molecule has 0 fully saturated rings. The molecule has 1 aromatic carbocycles. The normalized spacial score (nSPS) is 12.0. The van der Waals surface area contributed by atoms with E-state index in [1.165, 1.54) is 33.6 Å². The van der Waals surface area contributed by atoms with Crippen molar-refractivity contribution in [1.82, 2.24) is 9.55 Å². The maximum Gasteiger partial charge on any atom is 0.262 e. The van der Waals surface area contributed by atoms with Gasteiger partial charge in [0.1, 0.15) is 4.83 Å². The molecule has 0 aliphatic carbocycles. The molecule has 2 aromatic heterocycles. The lowest BCUT2D eigenvalue weighted by Gasteiger charge is -2.22. The molecule has 3 nitrogen and oxygen atoms in total. The molecule has 0 saturated carbocycles. The molecular weight excluding hydrogens is 304 g/mol. The number of fused-ring (bicyclic) bond motifs is 1. The summed E-state index contributed by atoms with van der Waals surface area (Å²) in [5.41, 5.74) is 5.16. The van der Waals surface area contributed by atoms with Crippen LogP contribution in [-0.2, 0) is 12.0 Å². The fraction of sp³-hybridized carbons (Fsp3) is 0.368. The van der Waals surface area contributed by atoms with Gasteiger partial charge < -0.3 is 0 Å². The van der Waals surface area contributed by atoms with E-state index < -0.39 is 0 Å². The summed E-state index contributed by atoms with van der Waals surface area (Å²) < 4.78 is 1.71. The molecule has 0 aliphatic heterocycles. The Balaban J connectivity index is 2.05. The number of aryl methyl sites for hydroxylation is 2. The second-order valence-corrected chi connectivity index (χ2v) is 8.05. The first-order valence-corrected chi connectivity index (χ1v) is 8.68. The highest BCUT2D eigenvalue weighted by Crippen LogP contribution is 2.27. The minimum atomic E-state index is 0.0370. The quantitative estimate of drug-likeness (QED) is 0.698. The summed E-state index contributed by atoms with van der Waals surface area (Å²) in [4.78, 5) is 17.8. The fourth-order valence-corrected chi connectivity index (χ4v) is 3.58. The molecule has 2 heterocycles. The Labute approximate surface area is 140 Å². The predicted octanol–water partition coefficient (Wildman–Crippen LogP) is 4.42. The number of aromatic nitrogens is 2. The van der Waals surface area contributed by atoms with E-state index in [0.29, 0.717) is 11.9 Å². The standard InChI is InChI=1S/C19H22N2OS/c1-12-8-14(19(3,4)5)9-13(2)16(12)10-21-11-20-17-15(18(21)22)6-7-23-17/h6-9,11H,10H2,1-5H3. The van der Waals surface area contributed by atoms with E-state index in [9.17, 15) is 4.79 Å². The van der Waals surface area contributed by atoms with Gasteiger partial charge in [-0.15, -0.1) is 11.3 Å². The molecule has 0 saturated heterocycles. The second-order valence-electron chi connectivity index (χ2n) is 7.16. The summed E-state index contributed by atoms with van der Waals surface area (Å²) in [5.74, 6) is 0. The fourth-order valence-electron chi connectivity index (χ4n) is 2.85. The van der Waals surface area contributed by atoms with E-state index in [4.69, 9.17) is 0 Å². The third kappa shape index (κ3) is 2.95. The Hall–Kier alpha value is -1.94. The van der Waals surface area contributed by atoms with Crippen molar-refractivity contribution in [3.63, 3.8) is 0 Å². The van der Waals surface area contributed by atoms with Crippen molar-refractivity contribution in [1.29, 1.82) is 0 Å². The molecule has 0 spiro atoms. The first-order valence-electron chi connectivity index (χ1n) is 7.80. The van der Waals surface area contributed by atoms with Crippen LogP contribution in [-0.4, -0.2) is 9.55 Å². The third-order valence-electron chi connectivity index (χ3n) is 4.34. The zero-order valence-corrected chi connectivity index (χ0v) is 15.1. The average molecular weight is 326 g/mol. The Morgan fingerprint density at radius 3 is 2.43 bits per heavy atom. The van der Waals surface area contributed by atoms with Crippen molar-refractivity contribution in [2.45, 2.75) is 46.6 Å². The van der Waals surface area contributed by atoms with Gasteiger partial charge in [0.05, 0.1) is 18.3 Å². The molecule has 23 heavy (non-hydrogen) atoms. The number of benzene rings is 1. The zero-order valence-electron chi connectivity index (χ0n) is 14.3. The van der Waals surface area contributed by atoms with Gasteiger partial charge in [-0.3, -0.25) is 9.36 Å². The van der Waals surface area contributed by atoms with Crippen molar-refractivity contribution in [2.75, 3.05) is 0 Å². The van der Waals surface area contributed by atoms with Gasteiger partial charge in [0.25, 0.3) is 5.56 Å². The molecule has 0 N–H and O–H groups in total. The number of hydrogen-bond donors (Lipinski definition) is 0. The summed E-state index contributed by atoms with van der Waals surface area (Å²) in [5, 5.41) is 2.62. The van der Waals surface area contributed by atoms with Crippen LogP contribution in [0, 0.1) is 13.8 Å². The number of hydrogen-bond acceptors (Lipinski definition) is 3. The minimum absolute atomic E-state index is 0.0370. The van der Waals surface area contributed by atoms with Gasteiger partial charge in [-0.1, -0.05) is 32.9 Å². The summed E-state index contributed by atoms with van der Waals surface area (Å²) in [6.45, 7) is 11.5. The van der Waals surface area contributed by atoms with Crippen molar-refractivity contribution < 1.29 is 0 Å². The second kappa shape index (κ2) is 5.60. The van der Waals surface area contributed by atoms with E-state index >= 15 is 0 Å². The number of rotatable bonds is 2. The summed E-state index contributed by atoms with van der Waals surface area (Å²) in [7, 11) is 0. The topological polar surface area (TPSA) is 34.9 Å². The van der Waals surface area contributed by atoms with Crippen LogP contribution in [0.15, 0.2) is 34.7 Å². The average Bonchev–Trinajstić information content (AvgIpc) is 2.93. The Morgan fingerprint density at radius 1 is 1.17 bits per heavy atom. The molecule has 0 radical (unpaired) electrons. The Morgan fingerprint density at radius 2 is 1.83 bits per heavy atom. The van der Waals surface area contributed by atoms with E-state index in [1.807, 2.05) is 11.4 Å². The highest BCUT2D eigenvalue weighted by atomic mass is 32.1. The lowest BCUT2D eigenvalue weighted by atomic mass is 9.84. The van der Waals surface area contributed by atoms with Gasteiger partial charge >= 0.3 is 0 Å². The molecule has 3 rings (SSSR count). The molecule has 0 aliphatic rings. The maximum atomic E-state index is 12.6. The van der Waals surface area contributed by atoms with Gasteiger partial charge in [0.15, 0.2) is 0 Å². The van der Waals surface area contributed by atoms with Gasteiger partial charge in [0, 0.05) is 0 Å². The molecule has 120 valence electrons. The maximum absolute atomic E-state index is 12.6. The molecule has 0 atom stereocenters. The smallest absolute Gasteiger partial charge is 0.262 e. The van der Waals surface area contributed by atoms with Crippen LogP contribution < -0.4 is 5.56 Å². The monoisotopic (exact) mass is 326 g/mol. The summed E-state index contributed by atoms with van der Waals surface area (Å²) in [6, 6.07) is 6.34. The first-order chi connectivity index (χ1) is 10.8. The SMILES string of the molecule is Cc1cc(C(C)(C)C)cc(C)c1Cn1cnc2sccc2c1=O. The van der Waals surface area contributed by atoms with Crippen LogP contribution in [0.2, 0.25) is 0 Å².